The minimum Gasteiger partial charge on any atom is -0.253 e. The Labute approximate surface area is 59.2 Å². The third kappa shape index (κ3) is 0.684. The summed E-state index contributed by atoms with van der Waals surface area (Å²) in [6, 6.07) is 0. The molecule has 0 saturated carbocycles. The van der Waals surface area contributed by atoms with Crippen molar-refractivity contribution in [1.82, 2.24) is 0 Å². The highest BCUT2D eigenvalue weighted by Crippen LogP contribution is 2.07. The number of aliphatic imine (C=N–C) groups is 3. The van der Waals surface area contributed by atoms with Crippen molar-refractivity contribution in [1.29, 1.82) is 0 Å². The average molecular weight is 157 g/mol. The molecule has 1 unspecified atom stereocenters. The van der Waals surface area contributed by atoms with Crippen LogP contribution in [0, 0.1) is 0 Å². The van der Waals surface area contributed by atoms with E-state index in [0.29, 0.717) is 5.88 Å². The Morgan fingerprint density at radius 2 is 2.56 bits per heavy atom. The largest absolute Gasteiger partial charge is 0.253 e. The van der Waals surface area contributed by atoms with Gasteiger partial charge in [-0.3, -0.25) is 4.99 Å². The molecule has 0 amide bonds. The fourth-order valence-corrected chi connectivity index (χ4v) is 2.06. The molecule has 0 saturated heterocycles. The van der Waals surface area contributed by atoms with Crippen LogP contribution in [-0.2, 0) is 20.6 Å². The summed E-state index contributed by atoms with van der Waals surface area (Å²) in [7, 11) is -0.174. The van der Waals surface area contributed by atoms with Gasteiger partial charge >= 0.3 is 0 Å². The molecule has 0 radical (unpaired) electrons. The average Bonchev–Trinajstić information content (AvgIpc) is 2.35. The molecule has 0 bridgehead atoms. The fourth-order valence-electron chi connectivity index (χ4n) is 0.699. The van der Waals surface area contributed by atoms with Gasteiger partial charge in [-0.1, -0.05) is 0 Å². The van der Waals surface area contributed by atoms with E-state index in [1.165, 1.54) is 6.34 Å². The maximum atomic E-state index is 5.04. The summed E-state index contributed by atoms with van der Waals surface area (Å²) in [5, 5.41) is 0.907. The molecular formula is C4H3N3S2. The molecule has 0 spiro atoms. The maximum Gasteiger partial charge on any atom is 0.183 e. The lowest BCUT2D eigenvalue weighted by Crippen LogP contribution is -2.05. The number of rotatable bonds is 0. The number of hydrogen-bond donors (Lipinski definition) is 0. The van der Waals surface area contributed by atoms with Gasteiger partial charge in [-0.25, -0.2) is 9.98 Å². The summed E-state index contributed by atoms with van der Waals surface area (Å²) in [6.45, 7) is 0. The molecule has 2 aliphatic heterocycles. The summed E-state index contributed by atoms with van der Waals surface area (Å²) in [4.78, 5) is 12.0. The van der Waals surface area contributed by atoms with Crippen LogP contribution >= 0.6 is 0 Å². The molecule has 0 aromatic heterocycles. The molecule has 5 heteroatoms. The Kier molecular flexibility index (Phi) is 1.06. The van der Waals surface area contributed by atoms with Crippen LogP contribution in [-0.4, -0.2) is 23.1 Å². The topological polar surface area (TPSA) is 37.1 Å². The van der Waals surface area contributed by atoms with E-state index < -0.39 is 0 Å². The van der Waals surface area contributed by atoms with Crippen molar-refractivity contribution in [2.24, 2.45) is 15.0 Å². The molecule has 0 aliphatic carbocycles. The lowest BCUT2D eigenvalue weighted by atomic mass is 10.7. The zero-order valence-corrected chi connectivity index (χ0v) is 6.08. The van der Waals surface area contributed by atoms with Crippen molar-refractivity contribution in [3.8, 4) is 0 Å². The molecule has 46 valence electrons. The molecule has 9 heavy (non-hydrogen) atoms. The standard InChI is InChI=1S/C4H3N3S2/c8-9-2-7-3-4(9)6-1-5-3/h1H,2H2. The molecule has 3 nitrogen and oxygen atoms in total. The van der Waals surface area contributed by atoms with Gasteiger partial charge < -0.3 is 0 Å². The van der Waals surface area contributed by atoms with E-state index in [9.17, 15) is 0 Å². The Hall–Kier alpha value is -0.420. The third-order valence-corrected chi connectivity index (χ3v) is 2.97. The van der Waals surface area contributed by atoms with Crippen molar-refractivity contribution in [3.05, 3.63) is 0 Å². The summed E-state index contributed by atoms with van der Waals surface area (Å²) < 4.78 is 0. The van der Waals surface area contributed by atoms with Gasteiger partial charge in [0.05, 0.1) is 5.88 Å². The SMILES string of the molecule is S=S1CN=C2N=CN=C21. The van der Waals surface area contributed by atoms with Crippen molar-refractivity contribution < 1.29 is 0 Å². The quantitative estimate of drug-likeness (QED) is 0.483. The van der Waals surface area contributed by atoms with E-state index in [2.05, 4.69) is 15.0 Å². The van der Waals surface area contributed by atoms with Crippen LogP contribution in [0.1, 0.15) is 0 Å². The Bertz CT molecular complexity index is 263. The van der Waals surface area contributed by atoms with Crippen LogP contribution in [0.2, 0.25) is 0 Å². The predicted octanol–water partition coefficient (Wildman–Crippen LogP) is -0.123. The first-order valence-corrected chi connectivity index (χ1v) is 4.73. The maximum absolute atomic E-state index is 5.04. The first-order valence-electron chi connectivity index (χ1n) is 2.41. The zero-order chi connectivity index (χ0) is 6.27. The Morgan fingerprint density at radius 1 is 1.67 bits per heavy atom. The van der Waals surface area contributed by atoms with Gasteiger partial charge in [-0.15, -0.1) is 0 Å². The molecule has 0 N–H and O–H groups in total. The highest BCUT2D eigenvalue weighted by atomic mass is 32.8. The lowest BCUT2D eigenvalue weighted by Gasteiger charge is -1.86. The monoisotopic (exact) mass is 157 g/mol. The Morgan fingerprint density at radius 3 is 3.33 bits per heavy atom. The summed E-state index contributed by atoms with van der Waals surface area (Å²) in [5.41, 5.74) is 0. The lowest BCUT2D eigenvalue weighted by molar-refractivity contribution is 1.39. The predicted molar refractivity (Wildman–Crippen MR) is 43.0 cm³/mol. The van der Waals surface area contributed by atoms with Crippen LogP contribution < -0.4 is 0 Å². The molecule has 0 aromatic rings. The van der Waals surface area contributed by atoms with Crippen molar-refractivity contribution in [2.45, 2.75) is 0 Å². The van der Waals surface area contributed by atoms with Gasteiger partial charge in [0.25, 0.3) is 0 Å². The first-order chi connectivity index (χ1) is 4.38. The van der Waals surface area contributed by atoms with Crippen LogP contribution in [0.3, 0.4) is 0 Å². The van der Waals surface area contributed by atoms with Gasteiger partial charge in [0, 0.05) is 0 Å². The number of fused-ring (bicyclic) bond motifs is 1. The van der Waals surface area contributed by atoms with Gasteiger partial charge in [0.1, 0.15) is 11.4 Å². The molecule has 2 heterocycles. The number of hydrogen-bond acceptors (Lipinski definition) is 4. The highest BCUT2D eigenvalue weighted by molar-refractivity contribution is 8.38. The number of nitrogens with zero attached hydrogens (tertiary/aromatic N) is 3. The second kappa shape index (κ2) is 1.78. The van der Waals surface area contributed by atoms with Crippen LogP contribution in [0.25, 0.3) is 0 Å². The summed E-state index contributed by atoms with van der Waals surface area (Å²) >= 11 is 5.04. The van der Waals surface area contributed by atoms with E-state index in [4.69, 9.17) is 11.2 Å². The van der Waals surface area contributed by atoms with Crippen molar-refractivity contribution in [2.75, 3.05) is 5.88 Å². The van der Waals surface area contributed by atoms with Crippen molar-refractivity contribution >= 4 is 37.9 Å². The second-order valence-electron chi connectivity index (χ2n) is 1.64. The summed E-state index contributed by atoms with van der Waals surface area (Å²) in [6.07, 6.45) is 1.51. The Balaban J connectivity index is 2.53. The van der Waals surface area contributed by atoms with Gasteiger partial charge in [0.2, 0.25) is 0 Å². The number of amidine groups is 1. The highest BCUT2D eigenvalue weighted by Gasteiger charge is 2.20. The van der Waals surface area contributed by atoms with E-state index in [-0.39, 0.29) is 9.45 Å². The van der Waals surface area contributed by atoms with Gasteiger partial charge in [0.15, 0.2) is 5.84 Å². The van der Waals surface area contributed by atoms with E-state index in [1.54, 1.807) is 0 Å². The minimum absolute atomic E-state index is 0.174. The zero-order valence-electron chi connectivity index (χ0n) is 4.44. The molecule has 0 fully saturated rings. The fraction of sp³-hybridized carbons (Fsp3) is 0.250. The van der Waals surface area contributed by atoms with Crippen LogP contribution in [0.4, 0.5) is 0 Å². The third-order valence-electron chi connectivity index (χ3n) is 1.09. The van der Waals surface area contributed by atoms with Gasteiger partial charge in [-0.05, 0) is 20.6 Å². The molecule has 0 aromatic carbocycles. The smallest absolute Gasteiger partial charge is 0.183 e. The molecule has 2 aliphatic rings. The normalized spacial score (nSPS) is 30.0. The molecule has 2 rings (SSSR count). The minimum atomic E-state index is -0.174. The van der Waals surface area contributed by atoms with Crippen molar-refractivity contribution in [3.63, 3.8) is 0 Å². The molecular weight excluding hydrogens is 154 g/mol. The first kappa shape index (κ1) is 5.37. The van der Waals surface area contributed by atoms with E-state index in [0.717, 1.165) is 10.9 Å². The van der Waals surface area contributed by atoms with Crippen LogP contribution in [0.5, 0.6) is 0 Å². The van der Waals surface area contributed by atoms with Gasteiger partial charge in [-0.2, -0.15) is 0 Å². The van der Waals surface area contributed by atoms with E-state index >= 15 is 0 Å². The summed E-state index contributed by atoms with van der Waals surface area (Å²) in [5.74, 6) is 1.47. The molecule has 1 atom stereocenters. The van der Waals surface area contributed by atoms with Crippen LogP contribution in [0.15, 0.2) is 15.0 Å². The second-order valence-corrected chi connectivity index (χ2v) is 4.18. The van der Waals surface area contributed by atoms with E-state index in [1.807, 2.05) is 0 Å².